The van der Waals surface area contributed by atoms with E-state index in [4.69, 9.17) is 9.47 Å². The van der Waals surface area contributed by atoms with E-state index >= 15 is 0 Å². The molecular formula is C22H38IN5O3. The Bertz CT molecular complexity index is 715. The number of likely N-dealkylation sites (tertiary alicyclic amines) is 1. The van der Waals surface area contributed by atoms with E-state index in [1.54, 1.807) is 13.3 Å². The molecule has 8 nitrogen and oxygen atoms in total. The molecule has 0 aromatic carbocycles. The first-order chi connectivity index (χ1) is 14.3. The average Bonchev–Trinajstić information content (AvgIpc) is 2.72. The fourth-order valence-corrected chi connectivity index (χ4v) is 3.48. The normalized spacial score (nSPS) is 15.2. The summed E-state index contributed by atoms with van der Waals surface area (Å²) in [7, 11) is 3.42. The molecule has 0 spiro atoms. The highest BCUT2D eigenvalue weighted by Crippen LogP contribution is 2.20. The third kappa shape index (κ3) is 9.08. The SMILES string of the molecule is CCN(CC1CCN(C(=NC)NCc2ccnc(OC)c2)CC1)C(=O)OC(C)(C)C.I. The second-order valence-electron chi connectivity index (χ2n) is 8.56. The van der Waals surface area contributed by atoms with Crippen molar-refractivity contribution in [2.75, 3.05) is 40.3 Å². The van der Waals surface area contributed by atoms with Crippen molar-refractivity contribution in [1.29, 1.82) is 0 Å². The molecule has 1 aliphatic heterocycles. The number of guanidine groups is 1. The number of piperidine rings is 1. The molecule has 1 fully saturated rings. The van der Waals surface area contributed by atoms with Gasteiger partial charge in [0.15, 0.2) is 5.96 Å². The first-order valence-electron chi connectivity index (χ1n) is 10.7. The van der Waals surface area contributed by atoms with Crippen LogP contribution in [0.25, 0.3) is 0 Å². The molecule has 1 N–H and O–H groups in total. The van der Waals surface area contributed by atoms with Crippen LogP contribution in [0.5, 0.6) is 5.88 Å². The van der Waals surface area contributed by atoms with Gasteiger partial charge in [0.1, 0.15) is 5.60 Å². The number of carbonyl (C=O) groups excluding carboxylic acids is 1. The molecule has 1 amide bonds. The molecule has 0 saturated carbocycles. The molecule has 1 aliphatic rings. The molecule has 176 valence electrons. The number of halogens is 1. The summed E-state index contributed by atoms with van der Waals surface area (Å²) in [5.41, 5.74) is 0.624. The molecule has 1 saturated heterocycles. The van der Waals surface area contributed by atoms with Gasteiger partial charge >= 0.3 is 6.09 Å². The van der Waals surface area contributed by atoms with Crippen LogP contribution in [0.2, 0.25) is 0 Å². The molecule has 2 rings (SSSR count). The van der Waals surface area contributed by atoms with Crippen LogP contribution in [0.15, 0.2) is 23.3 Å². The first-order valence-corrected chi connectivity index (χ1v) is 10.7. The van der Waals surface area contributed by atoms with E-state index in [0.717, 1.165) is 44.0 Å². The zero-order valence-corrected chi connectivity index (χ0v) is 22.0. The van der Waals surface area contributed by atoms with Crippen LogP contribution in [0, 0.1) is 5.92 Å². The molecule has 1 aromatic heterocycles. The van der Waals surface area contributed by atoms with E-state index in [2.05, 4.69) is 20.2 Å². The second-order valence-corrected chi connectivity index (χ2v) is 8.56. The maximum Gasteiger partial charge on any atom is 0.410 e. The third-order valence-electron chi connectivity index (χ3n) is 5.10. The summed E-state index contributed by atoms with van der Waals surface area (Å²) in [6, 6.07) is 3.88. The van der Waals surface area contributed by atoms with Crippen molar-refractivity contribution < 1.29 is 14.3 Å². The van der Waals surface area contributed by atoms with Crippen molar-refractivity contribution in [3.63, 3.8) is 0 Å². The van der Waals surface area contributed by atoms with Gasteiger partial charge in [-0.05, 0) is 58.1 Å². The molecule has 0 unspecified atom stereocenters. The quantitative estimate of drug-likeness (QED) is 0.332. The van der Waals surface area contributed by atoms with Crippen LogP contribution in [0.1, 0.15) is 46.1 Å². The summed E-state index contributed by atoms with van der Waals surface area (Å²) in [4.78, 5) is 25.1. The van der Waals surface area contributed by atoms with Gasteiger partial charge in [-0.25, -0.2) is 9.78 Å². The number of methoxy groups -OCH3 is 1. The van der Waals surface area contributed by atoms with E-state index in [1.807, 2.05) is 51.8 Å². The zero-order valence-electron chi connectivity index (χ0n) is 19.7. The second kappa shape index (κ2) is 12.9. The van der Waals surface area contributed by atoms with Gasteiger partial charge in [0.05, 0.1) is 7.11 Å². The lowest BCUT2D eigenvalue weighted by Gasteiger charge is -2.36. The van der Waals surface area contributed by atoms with E-state index < -0.39 is 5.60 Å². The van der Waals surface area contributed by atoms with Gasteiger partial charge in [-0.15, -0.1) is 24.0 Å². The predicted octanol–water partition coefficient (Wildman–Crippen LogP) is 3.75. The molecule has 0 radical (unpaired) electrons. The molecular weight excluding hydrogens is 509 g/mol. The highest BCUT2D eigenvalue weighted by atomic mass is 127. The summed E-state index contributed by atoms with van der Waals surface area (Å²) in [5.74, 6) is 1.97. The average molecular weight is 547 g/mol. The van der Waals surface area contributed by atoms with Crippen LogP contribution in [0.4, 0.5) is 4.79 Å². The van der Waals surface area contributed by atoms with Crippen LogP contribution in [0.3, 0.4) is 0 Å². The Morgan fingerprint density at radius 3 is 2.58 bits per heavy atom. The summed E-state index contributed by atoms with van der Waals surface area (Å²) in [6.07, 6.45) is 3.55. The van der Waals surface area contributed by atoms with Crippen molar-refractivity contribution in [1.82, 2.24) is 20.1 Å². The van der Waals surface area contributed by atoms with Gasteiger partial charge in [0.25, 0.3) is 0 Å². The minimum Gasteiger partial charge on any atom is -0.481 e. The van der Waals surface area contributed by atoms with Crippen LogP contribution in [-0.2, 0) is 11.3 Å². The number of nitrogens with zero attached hydrogens (tertiary/aromatic N) is 4. The summed E-state index contributed by atoms with van der Waals surface area (Å²) in [6.45, 7) is 11.6. The number of amides is 1. The fourth-order valence-electron chi connectivity index (χ4n) is 3.48. The summed E-state index contributed by atoms with van der Waals surface area (Å²) >= 11 is 0. The van der Waals surface area contributed by atoms with Gasteiger partial charge in [0, 0.05) is 52.0 Å². The van der Waals surface area contributed by atoms with Crippen LogP contribution >= 0.6 is 24.0 Å². The van der Waals surface area contributed by atoms with E-state index in [1.165, 1.54) is 0 Å². The molecule has 9 heteroatoms. The highest BCUT2D eigenvalue weighted by molar-refractivity contribution is 14.0. The molecule has 0 bridgehead atoms. The van der Waals surface area contributed by atoms with Crippen molar-refractivity contribution in [2.45, 2.75) is 52.7 Å². The lowest BCUT2D eigenvalue weighted by atomic mass is 9.96. The zero-order chi connectivity index (χ0) is 22.1. The summed E-state index contributed by atoms with van der Waals surface area (Å²) < 4.78 is 10.7. The van der Waals surface area contributed by atoms with E-state index in [0.29, 0.717) is 24.9 Å². The Labute approximate surface area is 203 Å². The van der Waals surface area contributed by atoms with Crippen LogP contribution < -0.4 is 10.1 Å². The van der Waals surface area contributed by atoms with E-state index in [-0.39, 0.29) is 30.1 Å². The highest BCUT2D eigenvalue weighted by Gasteiger charge is 2.27. The number of hydrogen-bond donors (Lipinski definition) is 1. The Morgan fingerprint density at radius 1 is 1.35 bits per heavy atom. The maximum atomic E-state index is 12.4. The lowest BCUT2D eigenvalue weighted by Crippen LogP contribution is -2.47. The smallest absolute Gasteiger partial charge is 0.410 e. The maximum absolute atomic E-state index is 12.4. The lowest BCUT2D eigenvalue weighted by molar-refractivity contribution is 0.0214. The Balaban J connectivity index is 0.00000480. The van der Waals surface area contributed by atoms with Gasteiger partial charge in [-0.1, -0.05) is 0 Å². The minimum absolute atomic E-state index is 0. The number of nitrogens with one attached hydrogen (secondary N) is 1. The number of carbonyl (C=O) groups is 1. The van der Waals surface area contributed by atoms with Gasteiger partial charge in [-0.2, -0.15) is 0 Å². The van der Waals surface area contributed by atoms with Crippen LogP contribution in [-0.4, -0.2) is 72.8 Å². The minimum atomic E-state index is -0.467. The topological polar surface area (TPSA) is 79.3 Å². The van der Waals surface area contributed by atoms with Gasteiger partial charge < -0.3 is 24.6 Å². The molecule has 31 heavy (non-hydrogen) atoms. The van der Waals surface area contributed by atoms with Crippen molar-refractivity contribution in [3.05, 3.63) is 23.9 Å². The monoisotopic (exact) mass is 547 g/mol. The summed E-state index contributed by atoms with van der Waals surface area (Å²) in [5, 5.41) is 3.43. The fraction of sp³-hybridized carbons (Fsp3) is 0.682. The number of aliphatic imine (C=N–C) groups is 1. The Kier molecular flexibility index (Phi) is 11.4. The van der Waals surface area contributed by atoms with Gasteiger partial charge in [0.2, 0.25) is 5.88 Å². The standard InChI is InChI=1S/C22H37N5O3.HI/c1-7-26(21(28)30-22(2,3)4)16-17-9-12-27(13-10-17)20(23-5)25-15-18-8-11-24-19(14-18)29-6;/h8,11,14,17H,7,9-10,12-13,15-16H2,1-6H3,(H,23,25);1H. The number of ether oxygens (including phenoxy) is 2. The number of hydrogen-bond acceptors (Lipinski definition) is 5. The molecule has 0 aliphatic carbocycles. The molecule has 0 atom stereocenters. The number of pyridine rings is 1. The van der Waals surface area contributed by atoms with Gasteiger partial charge in [-0.3, -0.25) is 4.99 Å². The Morgan fingerprint density at radius 2 is 2.03 bits per heavy atom. The Hall–Kier alpha value is -1.78. The largest absolute Gasteiger partial charge is 0.481 e. The third-order valence-corrected chi connectivity index (χ3v) is 5.10. The van der Waals surface area contributed by atoms with Crippen molar-refractivity contribution >= 4 is 36.0 Å². The number of rotatable bonds is 6. The molecule has 2 heterocycles. The predicted molar refractivity (Wildman–Crippen MR) is 134 cm³/mol. The molecule has 1 aromatic rings. The van der Waals surface area contributed by atoms with Crippen molar-refractivity contribution in [2.24, 2.45) is 10.9 Å². The van der Waals surface area contributed by atoms with E-state index in [9.17, 15) is 4.79 Å². The first kappa shape index (κ1) is 27.3. The van der Waals surface area contributed by atoms with Crippen molar-refractivity contribution in [3.8, 4) is 5.88 Å². The number of aromatic nitrogens is 1.